The van der Waals surface area contributed by atoms with Gasteiger partial charge in [0.15, 0.2) is 0 Å². The van der Waals surface area contributed by atoms with E-state index in [-0.39, 0.29) is 5.91 Å². The van der Waals surface area contributed by atoms with E-state index >= 15 is 0 Å². The Bertz CT molecular complexity index is 653. The summed E-state index contributed by atoms with van der Waals surface area (Å²) in [7, 11) is 0. The highest BCUT2D eigenvalue weighted by atomic mass is 16.1. The van der Waals surface area contributed by atoms with Crippen LogP contribution in [-0.4, -0.2) is 19.0 Å². The molecule has 1 fully saturated rings. The molecule has 1 N–H and O–H groups in total. The lowest BCUT2D eigenvalue weighted by atomic mass is 10.0. The van der Waals surface area contributed by atoms with Crippen molar-refractivity contribution in [1.29, 1.82) is 0 Å². The van der Waals surface area contributed by atoms with E-state index < -0.39 is 0 Å². The number of carbonyl (C=O) groups excluding carboxylic acids is 1. The molecule has 0 bridgehead atoms. The Morgan fingerprint density at radius 3 is 2.13 bits per heavy atom. The van der Waals surface area contributed by atoms with Crippen LogP contribution in [0.15, 0.2) is 48.5 Å². The summed E-state index contributed by atoms with van der Waals surface area (Å²) >= 11 is 0. The van der Waals surface area contributed by atoms with Crippen LogP contribution in [0.4, 0.5) is 11.4 Å². The number of anilines is 2. The second-order valence-electron chi connectivity index (χ2n) is 6.47. The first-order chi connectivity index (χ1) is 11.1. The first-order valence-corrected chi connectivity index (χ1v) is 8.40. The molecular weight excluding hydrogens is 284 g/mol. The lowest BCUT2D eigenvalue weighted by molar-refractivity contribution is 0.102. The molecule has 1 amide bonds. The first-order valence-electron chi connectivity index (χ1n) is 8.40. The molecule has 3 nitrogen and oxygen atoms in total. The van der Waals surface area contributed by atoms with E-state index in [1.165, 1.54) is 24.1 Å². The minimum atomic E-state index is -0.0599. The molecule has 0 spiro atoms. The summed E-state index contributed by atoms with van der Waals surface area (Å²) in [5, 5.41) is 2.96. The van der Waals surface area contributed by atoms with Gasteiger partial charge in [0.25, 0.3) is 5.91 Å². The maximum absolute atomic E-state index is 12.3. The Morgan fingerprint density at radius 1 is 0.957 bits per heavy atom. The maximum atomic E-state index is 12.3. The van der Waals surface area contributed by atoms with Crippen LogP contribution in [0.3, 0.4) is 0 Å². The molecule has 1 aliphatic rings. The fourth-order valence-corrected chi connectivity index (χ4v) is 2.95. The summed E-state index contributed by atoms with van der Waals surface area (Å²) in [6, 6.07) is 16.0. The van der Waals surface area contributed by atoms with Crippen LogP contribution in [0.5, 0.6) is 0 Å². The van der Waals surface area contributed by atoms with Crippen molar-refractivity contribution < 1.29 is 4.79 Å². The van der Waals surface area contributed by atoms with Crippen LogP contribution in [0, 0.1) is 0 Å². The fraction of sp³-hybridized carbons (Fsp3) is 0.350. The van der Waals surface area contributed by atoms with Crippen LogP contribution in [-0.2, 0) is 0 Å². The predicted octanol–water partition coefficient (Wildman–Crippen LogP) is 4.66. The molecule has 0 aliphatic carbocycles. The third kappa shape index (κ3) is 3.73. The highest BCUT2D eigenvalue weighted by Gasteiger charge is 2.13. The first kappa shape index (κ1) is 15.6. The number of hydrogen-bond acceptors (Lipinski definition) is 2. The summed E-state index contributed by atoms with van der Waals surface area (Å²) in [5.74, 6) is 0.438. The Morgan fingerprint density at radius 2 is 1.57 bits per heavy atom. The number of nitrogens with one attached hydrogen (secondary N) is 1. The Kier molecular flexibility index (Phi) is 4.65. The van der Waals surface area contributed by atoms with Crippen molar-refractivity contribution >= 4 is 17.3 Å². The summed E-state index contributed by atoms with van der Waals surface area (Å²) in [6.45, 7) is 6.56. The molecule has 1 aliphatic heterocycles. The van der Waals surface area contributed by atoms with Gasteiger partial charge in [0.1, 0.15) is 0 Å². The number of hydrogen-bond donors (Lipinski definition) is 1. The summed E-state index contributed by atoms with van der Waals surface area (Å²) in [4.78, 5) is 14.7. The largest absolute Gasteiger partial charge is 0.372 e. The Labute approximate surface area is 138 Å². The maximum Gasteiger partial charge on any atom is 0.255 e. The summed E-state index contributed by atoms with van der Waals surface area (Å²) < 4.78 is 0. The molecule has 0 radical (unpaired) electrons. The van der Waals surface area contributed by atoms with E-state index in [0.717, 1.165) is 18.8 Å². The van der Waals surface area contributed by atoms with Crippen molar-refractivity contribution in [1.82, 2.24) is 0 Å². The van der Waals surface area contributed by atoms with Crippen molar-refractivity contribution in [3.05, 3.63) is 59.7 Å². The van der Waals surface area contributed by atoms with E-state index in [1.807, 2.05) is 36.4 Å². The lowest BCUT2D eigenvalue weighted by Crippen LogP contribution is -2.18. The number of amides is 1. The third-order valence-electron chi connectivity index (χ3n) is 4.44. The third-order valence-corrected chi connectivity index (χ3v) is 4.44. The monoisotopic (exact) mass is 308 g/mol. The van der Waals surface area contributed by atoms with Gasteiger partial charge in [-0.05, 0) is 60.7 Å². The van der Waals surface area contributed by atoms with Gasteiger partial charge in [0, 0.05) is 30.0 Å². The molecule has 23 heavy (non-hydrogen) atoms. The van der Waals surface area contributed by atoms with Crippen molar-refractivity contribution in [3.63, 3.8) is 0 Å². The molecule has 120 valence electrons. The molecule has 0 atom stereocenters. The smallest absolute Gasteiger partial charge is 0.255 e. The fourth-order valence-electron chi connectivity index (χ4n) is 2.95. The molecule has 3 rings (SSSR count). The number of benzene rings is 2. The minimum Gasteiger partial charge on any atom is -0.372 e. The van der Waals surface area contributed by atoms with E-state index in [9.17, 15) is 4.79 Å². The van der Waals surface area contributed by atoms with Gasteiger partial charge in [-0.2, -0.15) is 0 Å². The minimum absolute atomic E-state index is 0.0599. The van der Waals surface area contributed by atoms with E-state index in [2.05, 4.69) is 36.2 Å². The molecule has 2 aromatic rings. The Balaban J connectivity index is 1.65. The number of rotatable bonds is 4. The van der Waals surface area contributed by atoms with Crippen molar-refractivity contribution in [2.24, 2.45) is 0 Å². The van der Waals surface area contributed by atoms with Crippen molar-refractivity contribution in [2.75, 3.05) is 23.3 Å². The van der Waals surface area contributed by atoms with E-state index in [1.54, 1.807) is 0 Å². The molecule has 1 heterocycles. The van der Waals surface area contributed by atoms with E-state index in [0.29, 0.717) is 11.5 Å². The lowest BCUT2D eigenvalue weighted by Gasteiger charge is -2.17. The zero-order valence-electron chi connectivity index (χ0n) is 13.9. The molecule has 0 saturated carbocycles. The summed E-state index contributed by atoms with van der Waals surface area (Å²) in [6.07, 6.45) is 2.52. The molecule has 3 heteroatoms. The van der Waals surface area contributed by atoms with Crippen LogP contribution in [0.25, 0.3) is 0 Å². The van der Waals surface area contributed by atoms with Crippen LogP contribution in [0.1, 0.15) is 48.5 Å². The highest BCUT2D eigenvalue weighted by molar-refractivity contribution is 6.04. The van der Waals surface area contributed by atoms with Crippen molar-refractivity contribution in [2.45, 2.75) is 32.6 Å². The summed E-state index contributed by atoms with van der Waals surface area (Å²) in [5.41, 5.74) is 4.02. The Hall–Kier alpha value is -2.29. The average Bonchev–Trinajstić information content (AvgIpc) is 3.10. The number of nitrogens with zero attached hydrogens (tertiary/aromatic N) is 1. The standard InChI is InChI=1S/C20H24N2O/c1-15(2)16-5-9-18(10-6-16)21-20(23)17-7-11-19(12-8-17)22-13-3-4-14-22/h5-12,15H,3-4,13-14H2,1-2H3,(H,21,23). The van der Waals surface area contributed by atoms with Gasteiger partial charge in [0.2, 0.25) is 0 Å². The van der Waals surface area contributed by atoms with Crippen LogP contribution >= 0.6 is 0 Å². The van der Waals surface area contributed by atoms with E-state index in [4.69, 9.17) is 0 Å². The quantitative estimate of drug-likeness (QED) is 0.890. The molecule has 1 saturated heterocycles. The second-order valence-corrected chi connectivity index (χ2v) is 6.47. The topological polar surface area (TPSA) is 32.3 Å². The second kappa shape index (κ2) is 6.86. The van der Waals surface area contributed by atoms with Gasteiger partial charge in [-0.1, -0.05) is 26.0 Å². The molecule has 0 unspecified atom stereocenters. The normalized spacial score (nSPS) is 14.3. The highest BCUT2D eigenvalue weighted by Crippen LogP contribution is 2.21. The predicted molar refractivity (Wildman–Crippen MR) is 96.4 cm³/mol. The molecule has 2 aromatic carbocycles. The molecule has 0 aromatic heterocycles. The van der Waals surface area contributed by atoms with Gasteiger partial charge in [-0.15, -0.1) is 0 Å². The SMILES string of the molecule is CC(C)c1ccc(NC(=O)c2ccc(N3CCCC3)cc2)cc1. The van der Waals surface area contributed by atoms with Gasteiger partial charge < -0.3 is 10.2 Å². The van der Waals surface area contributed by atoms with Crippen molar-refractivity contribution in [3.8, 4) is 0 Å². The van der Waals surface area contributed by atoms with Gasteiger partial charge in [-0.25, -0.2) is 0 Å². The van der Waals surface area contributed by atoms with Crippen LogP contribution in [0.2, 0.25) is 0 Å². The van der Waals surface area contributed by atoms with Crippen LogP contribution < -0.4 is 10.2 Å². The van der Waals surface area contributed by atoms with Gasteiger partial charge in [-0.3, -0.25) is 4.79 Å². The molecular formula is C20H24N2O. The zero-order valence-corrected chi connectivity index (χ0v) is 13.9. The number of carbonyl (C=O) groups is 1. The zero-order chi connectivity index (χ0) is 16.2. The van der Waals surface area contributed by atoms with Gasteiger partial charge >= 0.3 is 0 Å². The van der Waals surface area contributed by atoms with Gasteiger partial charge in [0.05, 0.1) is 0 Å². The average molecular weight is 308 g/mol.